The van der Waals surface area contributed by atoms with E-state index >= 15 is 0 Å². The van der Waals surface area contributed by atoms with Crippen LogP contribution in [-0.4, -0.2) is 37.6 Å². The number of allylic oxidation sites excluding steroid dienone is 2. The fraction of sp³-hybridized carbons (Fsp3) is 0.692. The van der Waals surface area contributed by atoms with Crippen molar-refractivity contribution in [2.24, 2.45) is 17.6 Å². The first-order valence-electron chi connectivity index (χ1n) is 6.30. The molecular weight excluding hydrogens is 232 g/mol. The summed E-state index contributed by atoms with van der Waals surface area (Å²) in [7, 11) is 3.46. The summed E-state index contributed by atoms with van der Waals surface area (Å²) >= 11 is 0. The zero-order valence-corrected chi connectivity index (χ0v) is 11.7. The maximum absolute atomic E-state index is 11.9. The Labute approximate surface area is 109 Å². The number of primary amides is 1. The number of hydrogen-bond acceptors (Lipinski definition) is 3. The number of amides is 2. The van der Waals surface area contributed by atoms with Crippen molar-refractivity contribution in [3.05, 3.63) is 12.2 Å². The van der Waals surface area contributed by atoms with E-state index in [1.807, 2.05) is 26.0 Å². The van der Waals surface area contributed by atoms with Gasteiger partial charge in [0, 0.05) is 25.9 Å². The second-order valence-electron chi connectivity index (χ2n) is 4.17. The van der Waals surface area contributed by atoms with Crippen molar-refractivity contribution in [2.45, 2.75) is 26.7 Å². The number of rotatable bonds is 3. The van der Waals surface area contributed by atoms with Crippen LogP contribution in [0.25, 0.3) is 0 Å². The Hall–Kier alpha value is -1.52. The van der Waals surface area contributed by atoms with E-state index in [0.29, 0.717) is 6.42 Å². The van der Waals surface area contributed by atoms with Crippen LogP contribution in [0.1, 0.15) is 26.7 Å². The molecule has 0 spiro atoms. The van der Waals surface area contributed by atoms with E-state index in [4.69, 9.17) is 10.5 Å². The minimum absolute atomic E-state index is 0.0346. The zero-order valence-electron chi connectivity index (χ0n) is 11.7. The molecule has 0 aromatic rings. The van der Waals surface area contributed by atoms with Gasteiger partial charge in [0.2, 0.25) is 5.91 Å². The molecule has 0 heterocycles. The average molecular weight is 256 g/mol. The molecule has 5 nitrogen and oxygen atoms in total. The van der Waals surface area contributed by atoms with E-state index in [0.717, 1.165) is 6.42 Å². The summed E-state index contributed by atoms with van der Waals surface area (Å²) in [4.78, 5) is 24.0. The van der Waals surface area contributed by atoms with Gasteiger partial charge in [-0.1, -0.05) is 26.0 Å². The third-order valence-electron chi connectivity index (χ3n) is 2.76. The molecule has 2 N–H and O–H groups in total. The van der Waals surface area contributed by atoms with Gasteiger partial charge in [-0.25, -0.2) is 4.79 Å². The molecule has 104 valence electrons. The van der Waals surface area contributed by atoms with Gasteiger partial charge in [-0.2, -0.15) is 0 Å². The number of carbonyl (C=O) groups excluding carboxylic acids is 2. The molecule has 2 unspecified atom stereocenters. The van der Waals surface area contributed by atoms with Crippen LogP contribution in [0.15, 0.2) is 12.2 Å². The molecule has 2 atom stereocenters. The largest absolute Gasteiger partial charge is 0.449 e. The summed E-state index contributed by atoms with van der Waals surface area (Å²) in [5, 5.41) is 0. The molecule has 0 aromatic heterocycles. The summed E-state index contributed by atoms with van der Waals surface area (Å²) < 4.78 is 4.78. The fourth-order valence-electron chi connectivity index (χ4n) is 1.88. The molecule has 2 amide bonds. The second-order valence-corrected chi connectivity index (χ2v) is 4.17. The minimum atomic E-state index is -0.786. The molecule has 1 aliphatic rings. The van der Waals surface area contributed by atoms with E-state index in [9.17, 15) is 9.59 Å². The van der Waals surface area contributed by atoms with Crippen molar-refractivity contribution in [1.82, 2.24) is 4.90 Å². The fourth-order valence-corrected chi connectivity index (χ4v) is 1.88. The Kier molecular flexibility index (Phi) is 7.83. The number of ether oxygens (including phenoxy) is 1. The Morgan fingerprint density at radius 2 is 1.83 bits per heavy atom. The molecule has 5 heteroatoms. The quantitative estimate of drug-likeness (QED) is 0.782. The van der Waals surface area contributed by atoms with Crippen molar-refractivity contribution in [3.8, 4) is 0 Å². The number of hydrogen-bond donors (Lipinski definition) is 1. The lowest BCUT2D eigenvalue weighted by atomic mass is 9.82. The molecule has 0 fully saturated rings. The smallest absolute Gasteiger partial charge is 0.404 e. The maximum atomic E-state index is 11.9. The van der Waals surface area contributed by atoms with Crippen LogP contribution in [-0.2, 0) is 9.53 Å². The summed E-state index contributed by atoms with van der Waals surface area (Å²) in [6, 6.07) is 0. The van der Waals surface area contributed by atoms with Gasteiger partial charge in [-0.05, 0) is 12.8 Å². The van der Waals surface area contributed by atoms with E-state index in [1.165, 1.54) is 0 Å². The first-order chi connectivity index (χ1) is 8.52. The molecule has 0 aromatic carbocycles. The highest BCUT2D eigenvalue weighted by atomic mass is 16.5. The Bertz CT molecular complexity index is 301. The van der Waals surface area contributed by atoms with Crippen molar-refractivity contribution in [1.29, 1.82) is 0 Å². The molecule has 0 radical (unpaired) electrons. The molecular formula is C13H24N2O3. The van der Waals surface area contributed by atoms with Gasteiger partial charge in [0.1, 0.15) is 0 Å². The predicted octanol–water partition coefficient (Wildman–Crippen LogP) is 1.78. The lowest BCUT2D eigenvalue weighted by molar-refractivity contribution is -0.135. The third-order valence-corrected chi connectivity index (χ3v) is 2.76. The Morgan fingerprint density at radius 1 is 1.28 bits per heavy atom. The van der Waals surface area contributed by atoms with Crippen molar-refractivity contribution in [2.75, 3.05) is 20.7 Å². The first-order valence-corrected chi connectivity index (χ1v) is 6.30. The van der Waals surface area contributed by atoms with Gasteiger partial charge in [0.25, 0.3) is 0 Å². The number of nitrogens with zero attached hydrogens (tertiary/aromatic N) is 1. The minimum Gasteiger partial charge on any atom is -0.449 e. The van der Waals surface area contributed by atoms with Crippen LogP contribution in [0.3, 0.4) is 0 Å². The maximum Gasteiger partial charge on any atom is 0.404 e. The summed E-state index contributed by atoms with van der Waals surface area (Å²) in [6.45, 7) is 4.21. The van der Waals surface area contributed by atoms with Crippen LogP contribution in [0, 0.1) is 11.8 Å². The van der Waals surface area contributed by atoms with Crippen LogP contribution in [0.2, 0.25) is 0 Å². The molecule has 18 heavy (non-hydrogen) atoms. The van der Waals surface area contributed by atoms with Crippen LogP contribution < -0.4 is 5.73 Å². The van der Waals surface area contributed by atoms with Crippen molar-refractivity contribution >= 4 is 12.0 Å². The standard InChI is InChI=1S/C11H18N2O3.C2H6/c1-13(2)10(14)9-6-4-3-5-8(9)7-16-11(12)15;1-2/h3-4,8-9H,5-7H2,1-2H3,(H2,12,15);1-2H3. The monoisotopic (exact) mass is 256 g/mol. The summed E-state index contributed by atoms with van der Waals surface area (Å²) in [5.74, 6) is -0.00540. The van der Waals surface area contributed by atoms with Crippen LogP contribution in [0.4, 0.5) is 4.79 Å². The van der Waals surface area contributed by atoms with E-state index in [1.54, 1.807) is 19.0 Å². The van der Waals surface area contributed by atoms with Crippen LogP contribution in [0.5, 0.6) is 0 Å². The molecule has 0 saturated carbocycles. The Morgan fingerprint density at radius 3 is 2.33 bits per heavy atom. The highest BCUT2D eigenvalue weighted by Crippen LogP contribution is 2.27. The predicted molar refractivity (Wildman–Crippen MR) is 70.9 cm³/mol. The summed E-state index contributed by atoms with van der Waals surface area (Å²) in [5.41, 5.74) is 4.92. The van der Waals surface area contributed by atoms with Gasteiger partial charge < -0.3 is 15.4 Å². The number of nitrogens with two attached hydrogens (primary N) is 1. The number of carbonyl (C=O) groups is 2. The van der Waals surface area contributed by atoms with E-state index in [2.05, 4.69) is 0 Å². The normalized spacial score (nSPS) is 21.6. The van der Waals surface area contributed by atoms with Gasteiger partial charge in [-0.15, -0.1) is 0 Å². The van der Waals surface area contributed by atoms with Crippen molar-refractivity contribution in [3.63, 3.8) is 0 Å². The summed E-state index contributed by atoms with van der Waals surface area (Å²) in [6.07, 6.45) is 4.66. The molecule has 0 saturated heterocycles. The van der Waals surface area contributed by atoms with Crippen LogP contribution >= 0.6 is 0 Å². The second kappa shape index (κ2) is 8.55. The lowest BCUT2D eigenvalue weighted by Gasteiger charge is -2.29. The molecule has 0 aliphatic heterocycles. The average Bonchev–Trinajstić information content (AvgIpc) is 2.38. The molecule has 1 rings (SSSR count). The zero-order chi connectivity index (χ0) is 14.1. The molecule has 1 aliphatic carbocycles. The van der Waals surface area contributed by atoms with Gasteiger partial charge in [-0.3, -0.25) is 4.79 Å². The Balaban J connectivity index is 0.00000137. The topological polar surface area (TPSA) is 72.6 Å². The van der Waals surface area contributed by atoms with Gasteiger partial charge in [0.15, 0.2) is 0 Å². The highest BCUT2D eigenvalue weighted by Gasteiger charge is 2.30. The van der Waals surface area contributed by atoms with Gasteiger partial charge >= 0.3 is 6.09 Å². The van der Waals surface area contributed by atoms with E-state index in [-0.39, 0.29) is 24.3 Å². The first kappa shape index (κ1) is 16.5. The SMILES string of the molecule is CC.CN(C)C(=O)C1CC=CCC1COC(N)=O. The highest BCUT2D eigenvalue weighted by molar-refractivity contribution is 5.79. The molecule has 0 bridgehead atoms. The third kappa shape index (κ3) is 5.21. The van der Waals surface area contributed by atoms with Gasteiger partial charge in [0.05, 0.1) is 6.61 Å². The lowest BCUT2D eigenvalue weighted by Crippen LogP contribution is -2.37. The van der Waals surface area contributed by atoms with E-state index < -0.39 is 6.09 Å². The van der Waals surface area contributed by atoms with Crippen molar-refractivity contribution < 1.29 is 14.3 Å².